The molecule has 0 saturated heterocycles. The van der Waals surface area contributed by atoms with Crippen LogP contribution in [0.1, 0.15) is 11.7 Å². The minimum absolute atomic E-state index is 0.245. The van der Waals surface area contributed by atoms with Crippen LogP contribution in [0.2, 0.25) is 0 Å². The number of aliphatic carboxylic acids is 1. The Labute approximate surface area is 178 Å². The van der Waals surface area contributed by atoms with Gasteiger partial charge in [0, 0.05) is 9.69 Å². The van der Waals surface area contributed by atoms with E-state index in [4.69, 9.17) is 14.8 Å². The lowest BCUT2D eigenvalue weighted by atomic mass is 10.1. The van der Waals surface area contributed by atoms with E-state index in [0.29, 0.717) is 27.2 Å². The predicted octanol–water partition coefficient (Wildman–Crippen LogP) is 1.42. The summed E-state index contributed by atoms with van der Waals surface area (Å²) in [4.78, 5) is 28.3. The maximum atomic E-state index is 12.8. The molecule has 8 nitrogen and oxygen atoms in total. The number of halogens is 1. The number of carboxylic acid groups (broad SMARTS) is 1. The van der Waals surface area contributed by atoms with Crippen LogP contribution in [0, 0.1) is 0 Å². The number of carboxylic acids is 1. The number of carbonyl (C=O) groups excluding carboxylic acids is 1. The molecule has 0 spiro atoms. The van der Waals surface area contributed by atoms with Gasteiger partial charge in [0.15, 0.2) is 17.9 Å². The Bertz CT molecular complexity index is 1150. The highest BCUT2D eigenvalue weighted by Gasteiger charge is 2.34. The average molecular weight is 475 g/mol. The number of rotatable bonds is 4. The SMILES string of the molecule is CSC1=NN2C(=c3cc(Br)ccc3=NC2c2ccc(OCC(=O)O)cc2)C(=O)N1. The number of amides is 1. The van der Waals surface area contributed by atoms with E-state index >= 15 is 0 Å². The van der Waals surface area contributed by atoms with Gasteiger partial charge < -0.3 is 9.84 Å². The van der Waals surface area contributed by atoms with E-state index in [1.165, 1.54) is 11.8 Å². The molecule has 1 atom stereocenters. The number of hydrogen-bond donors (Lipinski definition) is 2. The van der Waals surface area contributed by atoms with Crippen LogP contribution in [0.15, 0.2) is 57.0 Å². The van der Waals surface area contributed by atoms with E-state index in [2.05, 4.69) is 26.3 Å². The van der Waals surface area contributed by atoms with Gasteiger partial charge in [0.05, 0.1) is 5.36 Å². The second kappa shape index (κ2) is 7.88. The average Bonchev–Trinajstić information content (AvgIpc) is 2.71. The zero-order valence-corrected chi connectivity index (χ0v) is 17.5. The number of nitrogens with one attached hydrogen (secondary N) is 1. The van der Waals surface area contributed by atoms with Crippen molar-refractivity contribution < 1.29 is 19.4 Å². The second-order valence-corrected chi connectivity index (χ2v) is 7.88. The van der Waals surface area contributed by atoms with Crippen molar-refractivity contribution in [1.29, 1.82) is 0 Å². The molecule has 1 unspecified atom stereocenters. The fourth-order valence-corrected chi connectivity index (χ4v) is 3.77. The first-order chi connectivity index (χ1) is 14.0. The van der Waals surface area contributed by atoms with Gasteiger partial charge in [-0.3, -0.25) is 15.1 Å². The number of amidine groups is 1. The van der Waals surface area contributed by atoms with Crippen molar-refractivity contribution in [3.05, 3.63) is 63.1 Å². The summed E-state index contributed by atoms with van der Waals surface area (Å²) in [6.45, 7) is -0.416. The van der Waals surface area contributed by atoms with E-state index in [1.54, 1.807) is 29.3 Å². The molecule has 2 aliphatic heterocycles. The molecule has 10 heteroatoms. The van der Waals surface area contributed by atoms with Crippen LogP contribution in [-0.4, -0.2) is 40.0 Å². The number of thioether (sulfide) groups is 1. The summed E-state index contributed by atoms with van der Waals surface area (Å²) in [6, 6.07) is 12.5. The van der Waals surface area contributed by atoms with Gasteiger partial charge >= 0.3 is 5.97 Å². The molecule has 2 heterocycles. The fourth-order valence-electron chi connectivity index (χ4n) is 3.04. The highest BCUT2D eigenvalue weighted by molar-refractivity contribution is 9.10. The van der Waals surface area contributed by atoms with E-state index in [-0.39, 0.29) is 5.91 Å². The zero-order valence-electron chi connectivity index (χ0n) is 15.1. The van der Waals surface area contributed by atoms with Crippen molar-refractivity contribution in [3.8, 4) is 5.75 Å². The summed E-state index contributed by atoms with van der Waals surface area (Å²) >= 11 is 4.78. The van der Waals surface area contributed by atoms with Gasteiger partial charge in [-0.15, -0.1) is 5.10 Å². The quantitative estimate of drug-likeness (QED) is 0.694. The molecule has 0 aromatic heterocycles. The molecule has 4 rings (SSSR count). The van der Waals surface area contributed by atoms with Crippen molar-refractivity contribution in [1.82, 2.24) is 10.3 Å². The number of hydrazone groups is 1. The third-order valence-corrected chi connectivity index (χ3v) is 5.37. The lowest BCUT2D eigenvalue weighted by Crippen LogP contribution is -2.50. The molecule has 29 heavy (non-hydrogen) atoms. The largest absolute Gasteiger partial charge is 0.482 e. The number of ether oxygens (including phenoxy) is 1. The molecular formula is C19H15BrN4O4S. The maximum absolute atomic E-state index is 12.8. The molecule has 0 saturated carbocycles. The van der Waals surface area contributed by atoms with Gasteiger partial charge in [0.25, 0.3) is 5.91 Å². The number of carbonyl (C=O) groups is 2. The maximum Gasteiger partial charge on any atom is 0.341 e. The Morgan fingerprint density at radius 3 is 2.76 bits per heavy atom. The first kappa shape index (κ1) is 19.5. The number of hydrogen-bond acceptors (Lipinski definition) is 7. The van der Waals surface area contributed by atoms with Gasteiger partial charge in [-0.1, -0.05) is 39.8 Å². The van der Waals surface area contributed by atoms with E-state index in [9.17, 15) is 9.59 Å². The Morgan fingerprint density at radius 1 is 1.31 bits per heavy atom. The van der Waals surface area contributed by atoms with Crippen molar-refractivity contribution in [2.24, 2.45) is 10.1 Å². The number of benzene rings is 2. The topological polar surface area (TPSA) is 104 Å². The second-order valence-electron chi connectivity index (χ2n) is 6.17. The first-order valence-electron chi connectivity index (χ1n) is 8.51. The molecular weight excluding hydrogens is 460 g/mol. The minimum atomic E-state index is -1.04. The van der Waals surface area contributed by atoms with Crippen molar-refractivity contribution in [3.63, 3.8) is 0 Å². The molecule has 1 amide bonds. The molecule has 2 aromatic rings. The fraction of sp³-hybridized carbons (Fsp3) is 0.158. The summed E-state index contributed by atoms with van der Waals surface area (Å²) in [5.74, 6) is -0.855. The zero-order chi connectivity index (χ0) is 20.5. The smallest absolute Gasteiger partial charge is 0.341 e. The van der Waals surface area contributed by atoms with Crippen LogP contribution < -0.4 is 20.6 Å². The molecule has 0 aliphatic carbocycles. The van der Waals surface area contributed by atoms with Gasteiger partial charge in [-0.25, -0.2) is 9.80 Å². The predicted molar refractivity (Wildman–Crippen MR) is 112 cm³/mol. The summed E-state index contributed by atoms with van der Waals surface area (Å²) in [5, 5.41) is 19.6. The van der Waals surface area contributed by atoms with Crippen LogP contribution in [-0.2, 0) is 9.59 Å². The highest BCUT2D eigenvalue weighted by atomic mass is 79.9. The lowest BCUT2D eigenvalue weighted by Gasteiger charge is -2.34. The Morgan fingerprint density at radius 2 is 2.07 bits per heavy atom. The summed E-state index contributed by atoms with van der Waals surface area (Å²) in [6.07, 6.45) is 1.29. The molecule has 0 fully saturated rings. The molecule has 0 bridgehead atoms. The van der Waals surface area contributed by atoms with Crippen molar-refractivity contribution in [2.45, 2.75) is 6.17 Å². The summed E-state index contributed by atoms with van der Waals surface area (Å²) in [5.41, 5.74) is 1.21. The van der Waals surface area contributed by atoms with E-state index in [1.807, 2.05) is 24.5 Å². The highest BCUT2D eigenvalue weighted by Crippen LogP contribution is 2.31. The number of nitrogens with zero attached hydrogens (tertiary/aromatic N) is 3. The van der Waals surface area contributed by atoms with E-state index in [0.717, 1.165) is 10.0 Å². The lowest BCUT2D eigenvalue weighted by molar-refractivity contribution is -0.139. The van der Waals surface area contributed by atoms with E-state index < -0.39 is 18.7 Å². The van der Waals surface area contributed by atoms with Crippen LogP contribution in [0.4, 0.5) is 0 Å². The van der Waals surface area contributed by atoms with Gasteiger partial charge in [-0.2, -0.15) is 0 Å². The monoisotopic (exact) mass is 474 g/mol. The minimum Gasteiger partial charge on any atom is -0.482 e. The van der Waals surface area contributed by atoms with Crippen LogP contribution in [0.3, 0.4) is 0 Å². The van der Waals surface area contributed by atoms with Crippen LogP contribution in [0.25, 0.3) is 5.70 Å². The Kier molecular flexibility index (Phi) is 5.29. The van der Waals surface area contributed by atoms with Gasteiger partial charge in [0.1, 0.15) is 11.4 Å². The third-order valence-electron chi connectivity index (χ3n) is 4.30. The molecule has 0 radical (unpaired) electrons. The van der Waals surface area contributed by atoms with Gasteiger partial charge in [0.2, 0.25) is 0 Å². The standard InChI is InChI=1S/C19H15BrN4O4S/c1-29-19-22-18(27)16-13-8-11(20)4-7-14(13)21-17(24(16)23-19)10-2-5-12(6-3-10)28-9-15(25)26/h2-8,17H,9H2,1H3,(H,25,26)(H,22,23,27). The van der Waals surface area contributed by atoms with Gasteiger partial charge in [-0.05, 0) is 42.2 Å². The molecule has 148 valence electrons. The van der Waals surface area contributed by atoms with Crippen LogP contribution >= 0.6 is 27.7 Å². The van der Waals surface area contributed by atoms with Crippen molar-refractivity contribution >= 4 is 50.4 Å². The number of fused-ring (bicyclic) bond motifs is 2. The normalized spacial score (nSPS) is 17.5. The van der Waals surface area contributed by atoms with Crippen molar-refractivity contribution in [2.75, 3.05) is 12.9 Å². The Hall–Kier alpha value is -2.85. The molecule has 2 aromatic carbocycles. The molecule has 2 aliphatic rings. The summed E-state index contributed by atoms with van der Waals surface area (Å²) < 4.78 is 6.03. The summed E-state index contributed by atoms with van der Waals surface area (Å²) in [7, 11) is 0. The van der Waals surface area contributed by atoms with Crippen LogP contribution in [0.5, 0.6) is 5.75 Å². The third kappa shape index (κ3) is 3.85. The first-order valence-corrected chi connectivity index (χ1v) is 10.5. The molecule has 2 N–H and O–H groups in total. The Balaban J connectivity index is 1.80.